The largest absolute Gasteiger partial charge is 0.497 e. The third-order valence-corrected chi connectivity index (χ3v) is 8.59. The van der Waals surface area contributed by atoms with Gasteiger partial charge < -0.3 is 20.7 Å². The van der Waals surface area contributed by atoms with Gasteiger partial charge in [0.1, 0.15) is 16.7 Å². The standard InChI is InChI=1S/C35H30N4O4S2/c1-23-22-44-35(36-23)39-34(42)31(25-12-5-3-6-13-25)45-29-18-10-16-27(21-29)37-33(41)30(20-24-11-9-17-28(19-24)43-2)38-32(40)26-14-7-4-8-15-26/h3-22,31H,1-2H3,(H,37,41)(H,38,40)(H,36,39,42)/b30-20-. The van der Waals surface area contributed by atoms with Crippen LogP contribution in [0.2, 0.25) is 0 Å². The van der Waals surface area contributed by atoms with Gasteiger partial charge in [-0.2, -0.15) is 0 Å². The monoisotopic (exact) mass is 634 g/mol. The lowest BCUT2D eigenvalue weighted by Crippen LogP contribution is -2.30. The Morgan fingerprint density at radius 3 is 2.31 bits per heavy atom. The molecule has 1 heterocycles. The number of nitrogens with zero attached hydrogens (tertiary/aromatic N) is 1. The van der Waals surface area contributed by atoms with Crippen molar-refractivity contribution in [3.8, 4) is 5.75 Å². The fourth-order valence-corrected chi connectivity index (χ4v) is 6.08. The van der Waals surface area contributed by atoms with E-state index in [9.17, 15) is 14.4 Å². The molecule has 0 bridgehead atoms. The van der Waals surface area contributed by atoms with Crippen LogP contribution in [0.4, 0.5) is 10.8 Å². The Labute approximate surface area is 269 Å². The van der Waals surface area contributed by atoms with Gasteiger partial charge >= 0.3 is 0 Å². The number of carbonyl (C=O) groups excluding carboxylic acids is 3. The highest BCUT2D eigenvalue weighted by molar-refractivity contribution is 8.00. The zero-order chi connectivity index (χ0) is 31.6. The summed E-state index contributed by atoms with van der Waals surface area (Å²) in [6.07, 6.45) is 1.59. The molecule has 8 nitrogen and oxygen atoms in total. The summed E-state index contributed by atoms with van der Waals surface area (Å²) in [5.74, 6) is -0.524. The van der Waals surface area contributed by atoms with Crippen LogP contribution >= 0.6 is 23.1 Å². The topological polar surface area (TPSA) is 109 Å². The average Bonchev–Trinajstić information content (AvgIpc) is 3.48. The van der Waals surface area contributed by atoms with Gasteiger partial charge in [0.15, 0.2) is 5.13 Å². The zero-order valence-electron chi connectivity index (χ0n) is 24.5. The third-order valence-electron chi connectivity index (χ3n) is 6.47. The van der Waals surface area contributed by atoms with E-state index in [4.69, 9.17) is 4.74 Å². The minimum absolute atomic E-state index is 0.0513. The van der Waals surface area contributed by atoms with Crippen LogP contribution in [0.1, 0.15) is 32.4 Å². The van der Waals surface area contributed by atoms with Crippen LogP contribution in [0.25, 0.3) is 6.08 Å². The number of hydrogen-bond acceptors (Lipinski definition) is 7. The van der Waals surface area contributed by atoms with Crippen molar-refractivity contribution in [2.45, 2.75) is 17.1 Å². The number of thiazole rings is 1. The van der Waals surface area contributed by atoms with Gasteiger partial charge in [-0.15, -0.1) is 23.1 Å². The van der Waals surface area contributed by atoms with E-state index in [0.717, 1.165) is 16.2 Å². The predicted molar refractivity (Wildman–Crippen MR) is 180 cm³/mol. The van der Waals surface area contributed by atoms with Crippen molar-refractivity contribution in [2.75, 3.05) is 17.7 Å². The molecule has 3 amide bonds. The van der Waals surface area contributed by atoms with E-state index in [0.29, 0.717) is 27.7 Å². The Morgan fingerprint density at radius 1 is 0.867 bits per heavy atom. The van der Waals surface area contributed by atoms with E-state index < -0.39 is 17.1 Å². The summed E-state index contributed by atoms with van der Waals surface area (Å²) in [5, 5.41) is 10.4. The molecule has 4 aromatic carbocycles. The molecule has 0 fully saturated rings. The van der Waals surface area contributed by atoms with E-state index in [-0.39, 0.29) is 11.6 Å². The molecule has 3 N–H and O–H groups in total. The Hall–Kier alpha value is -5.19. The van der Waals surface area contributed by atoms with Crippen molar-refractivity contribution < 1.29 is 19.1 Å². The van der Waals surface area contributed by atoms with Gasteiger partial charge in [0.05, 0.1) is 12.8 Å². The number of benzene rings is 4. The summed E-state index contributed by atoms with van der Waals surface area (Å²) in [7, 11) is 1.56. The molecular formula is C35H30N4O4S2. The number of nitrogens with one attached hydrogen (secondary N) is 3. The Kier molecular flexibility index (Phi) is 10.4. The molecule has 0 aliphatic carbocycles. The number of anilines is 2. The number of thioether (sulfide) groups is 1. The zero-order valence-corrected chi connectivity index (χ0v) is 26.2. The Bertz CT molecular complexity index is 1820. The number of hydrogen-bond donors (Lipinski definition) is 3. The third kappa shape index (κ3) is 8.69. The van der Waals surface area contributed by atoms with Crippen LogP contribution in [0.5, 0.6) is 5.75 Å². The van der Waals surface area contributed by atoms with Crippen molar-refractivity contribution in [3.63, 3.8) is 0 Å². The number of ether oxygens (including phenoxy) is 1. The van der Waals surface area contributed by atoms with Gasteiger partial charge in [-0.25, -0.2) is 4.98 Å². The summed E-state index contributed by atoms with van der Waals surface area (Å²) in [6.45, 7) is 1.87. The van der Waals surface area contributed by atoms with E-state index in [1.54, 1.807) is 73.8 Å². The molecule has 0 saturated heterocycles. The van der Waals surface area contributed by atoms with Gasteiger partial charge in [0.2, 0.25) is 5.91 Å². The second kappa shape index (κ2) is 15.0. The lowest BCUT2D eigenvalue weighted by atomic mass is 10.1. The number of amides is 3. The summed E-state index contributed by atoms with van der Waals surface area (Å²) in [6, 6.07) is 32.5. The van der Waals surface area contributed by atoms with Crippen molar-refractivity contribution in [1.29, 1.82) is 0 Å². The van der Waals surface area contributed by atoms with Crippen LogP contribution in [-0.4, -0.2) is 29.8 Å². The Morgan fingerprint density at radius 2 is 1.60 bits per heavy atom. The first-order valence-corrected chi connectivity index (χ1v) is 15.7. The molecule has 0 saturated carbocycles. The molecule has 1 atom stereocenters. The molecule has 0 aliphatic heterocycles. The normalized spacial score (nSPS) is 11.7. The maximum absolute atomic E-state index is 13.6. The fourth-order valence-electron chi connectivity index (χ4n) is 4.31. The first-order valence-electron chi connectivity index (χ1n) is 14.0. The van der Waals surface area contributed by atoms with E-state index in [1.807, 2.05) is 60.8 Å². The van der Waals surface area contributed by atoms with Gasteiger partial charge in [-0.1, -0.05) is 66.7 Å². The Balaban J connectivity index is 1.38. The highest BCUT2D eigenvalue weighted by Gasteiger charge is 2.23. The van der Waals surface area contributed by atoms with Crippen LogP contribution in [0.15, 0.2) is 125 Å². The highest BCUT2D eigenvalue weighted by Crippen LogP contribution is 2.37. The average molecular weight is 635 g/mol. The summed E-state index contributed by atoms with van der Waals surface area (Å²) in [5.41, 5.74) is 3.30. The first-order chi connectivity index (χ1) is 21.9. The first kappa shape index (κ1) is 31.2. The van der Waals surface area contributed by atoms with Gasteiger partial charge in [0.25, 0.3) is 11.8 Å². The molecule has 5 rings (SSSR count). The number of aryl methyl sites for hydroxylation is 1. The van der Waals surface area contributed by atoms with Crippen molar-refractivity contribution >= 4 is 57.7 Å². The molecule has 10 heteroatoms. The minimum atomic E-state index is -0.574. The molecule has 0 aliphatic rings. The molecule has 1 unspecified atom stereocenters. The van der Waals surface area contributed by atoms with Crippen LogP contribution in [-0.2, 0) is 9.59 Å². The van der Waals surface area contributed by atoms with Crippen molar-refractivity contribution in [3.05, 3.63) is 143 Å². The maximum Gasteiger partial charge on any atom is 0.272 e. The number of aromatic nitrogens is 1. The molecule has 45 heavy (non-hydrogen) atoms. The van der Waals surface area contributed by atoms with Crippen LogP contribution in [0, 0.1) is 6.92 Å². The smallest absolute Gasteiger partial charge is 0.272 e. The van der Waals surface area contributed by atoms with Crippen molar-refractivity contribution in [2.24, 2.45) is 0 Å². The summed E-state index contributed by atoms with van der Waals surface area (Å²) >= 11 is 2.73. The van der Waals surface area contributed by atoms with E-state index in [2.05, 4.69) is 20.9 Å². The number of rotatable bonds is 11. The molecule has 0 radical (unpaired) electrons. The molecule has 1 aromatic heterocycles. The fraction of sp³-hybridized carbons (Fsp3) is 0.0857. The minimum Gasteiger partial charge on any atom is -0.497 e. The quantitative estimate of drug-likeness (QED) is 0.104. The van der Waals surface area contributed by atoms with Gasteiger partial charge in [0, 0.05) is 21.5 Å². The summed E-state index contributed by atoms with van der Waals surface area (Å²) in [4.78, 5) is 45.2. The molecular weight excluding hydrogens is 605 g/mol. The van der Waals surface area contributed by atoms with Gasteiger partial charge in [-0.05, 0) is 66.6 Å². The lowest BCUT2D eigenvalue weighted by Gasteiger charge is -2.17. The van der Waals surface area contributed by atoms with Crippen LogP contribution < -0.4 is 20.7 Å². The predicted octanol–water partition coefficient (Wildman–Crippen LogP) is 7.34. The van der Waals surface area contributed by atoms with E-state index in [1.165, 1.54) is 23.1 Å². The highest BCUT2D eigenvalue weighted by atomic mass is 32.2. The number of carbonyl (C=O) groups is 3. The molecule has 226 valence electrons. The van der Waals surface area contributed by atoms with Crippen LogP contribution in [0.3, 0.4) is 0 Å². The summed E-state index contributed by atoms with van der Waals surface area (Å²) < 4.78 is 5.32. The SMILES string of the molecule is COc1cccc(/C=C(\NC(=O)c2ccccc2)C(=O)Nc2cccc(SC(C(=O)Nc3nc(C)cs3)c3ccccc3)c2)c1. The second-order valence-electron chi connectivity index (χ2n) is 9.83. The van der Waals surface area contributed by atoms with Gasteiger partial charge in [-0.3, -0.25) is 14.4 Å². The van der Waals surface area contributed by atoms with E-state index >= 15 is 0 Å². The second-order valence-corrected chi connectivity index (χ2v) is 11.9. The maximum atomic E-state index is 13.6. The molecule has 0 spiro atoms. The van der Waals surface area contributed by atoms with Crippen molar-refractivity contribution in [1.82, 2.24) is 10.3 Å². The molecule has 5 aromatic rings. The number of methoxy groups -OCH3 is 1. The lowest BCUT2D eigenvalue weighted by molar-refractivity contribution is -0.116.